The molecule has 0 aromatic carbocycles. The quantitative estimate of drug-likeness (QED) is 0.714. The average molecular weight is 399 g/mol. The second kappa shape index (κ2) is 8.40. The maximum Gasteiger partial charge on any atom is 0.222 e. The number of sulfone groups is 1. The lowest BCUT2D eigenvalue weighted by molar-refractivity contribution is -0.131. The summed E-state index contributed by atoms with van der Waals surface area (Å²) < 4.78 is 23.7. The monoisotopic (exact) mass is 398 g/mol. The Morgan fingerprint density at radius 2 is 1.81 bits per heavy atom. The van der Waals surface area contributed by atoms with E-state index in [0.717, 1.165) is 38.9 Å². The van der Waals surface area contributed by atoms with E-state index in [2.05, 4.69) is 30.7 Å². The summed E-state index contributed by atoms with van der Waals surface area (Å²) in [5.74, 6) is 1.84. The molecule has 2 atom stereocenters. The van der Waals surface area contributed by atoms with Crippen LogP contribution in [0.3, 0.4) is 0 Å². The molecule has 2 unspecified atom stereocenters. The molecule has 3 fully saturated rings. The first kappa shape index (κ1) is 21.1. The highest BCUT2D eigenvalue weighted by Gasteiger charge is 2.34. The zero-order valence-electron chi connectivity index (χ0n) is 17.5. The molecule has 2 aliphatic heterocycles. The van der Waals surface area contributed by atoms with Crippen LogP contribution in [0.2, 0.25) is 0 Å². The fourth-order valence-electron chi connectivity index (χ4n) is 5.19. The van der Waals surface area contributed by atoms with E-state index in [1.165, 1.54) is 25.7 Å². The van der Waals surface area contributed by atoms with Crippen molar-refractivity contribution in [2.75, 3.05) is 38.2 Å². The summed E-state index contributed by atoms with van der Waals surface area (Å²) in [7, 11) is -0.741. The van der Waals surface area contributed by atoms with E-state index < -0.39 is 9.84 Å². The molecule has 156 valence electrons. The summed E-state index contributed by atoms with van der Waals surface area (Å²) in [4.78, 5) is 17.1. The molecule has 0 aromatic rings. The van der Waals surface area contributed by atoms with Crippen molar-refractivity contribution in [2.24, 2.45) is 17.3 Å². The Bertz CT molecular complexity index is 621. The van der Waals surface area contributed by atoms with E-state index in [4.69, 9.17) is 0 Å². The van der Waals surface area contributed by atoms with E-state index in [0.29, 0.717) is 41.2 Å². The van der Waals surface area contributed by atoms with Crippen LogP contribution >= 0.6 is 0 Å². The van der Waals surface area contributed by atoms with Gasteiger partial charge in [-0.05, 0) is 69.2 Å². The first-order chi connectivity index (χ1) is 12.6. The molecule has 2 saturated heterocycles. The zero-order chi connectivity index (χ0) is 19.7. The third-order valence-corrected chi connectivity index (χ3v) is 9.05. The standard InChI is InChI=1S/C21H38N2O3S/c1-21(2)9-6-17(7-10-21)13-20(24)23-11-8-19(15-23)22(3)14-18-5-4-12-27(25,26)16-18/h17-19H,4-16H2,1-3H3. The lowest BCUT2D eigenvalue weighted by Crippen LogP contribution is -2.41. The highest BCUT2D eigenvalue weighted by atomic mass is 32.2. The van der Waals surface area contributed by atoms with Gasteiger partial charge in [0.05, 0.1) is 11.5 Å². The molecule has 0 radical (unpaired) electrons. The molecule has 1 saturated carbocycles. The molecule has 0 bridgehead atoms. The van der Waals surface area contributed by atoms with Crippen molar-refractivity contribution in [3.8, 4) is 0 Å². The van der Waals surface area contributed by atoms with Gasteiger partial charge >= 0.3 is 0 Å². The second-order valence-electron chi connectivity index (χ2n) is 10.2. The Labute approximate surface area is 165 Å². The van der Waals surface area contributed by atoms with E-state index in [9.17, 15) is 13.2 Å². The first-order valence-electron chi connectivity index (χ1n) is 10.8. The Morgan fingerprint density at radius 1 is 1.11 bits per heavy atom. The summed E-state index contributed by atoms with van der Waals surface area (Å²) in [6.07, 6.45) is 8.39. The Morgan fingerprint density at radius 3 is 2.48 bits per heavy atom. The fraction of sp³-hybridized carbons (Fsp3) is 0.952. The van der Waals surface area contributed by atoms with Gasteiger partial charge < -0.3 is 9.80 Å². The van der Waals surface area contributed by atoms with E-state index >= 15 is 0 Å². The minimum absolute atomic E-state index is 0.254. The predicted octanol–water partition coefficient (Wildman–Crippen LogP) is 2.95. The van der Waals surface area contributed by atoms with Crippen LogP contribution in [0.1, 0.15) is 65.2 Å². The minimum Gasteiger partial charge on any atom is -0.341 e. The second-order valence-corrected chi connectivity index (χ2v) is 12.4. The maximum atomic E-state index is 12.7. The van der Waals surface area contributed by atoms with Crippen LogP contribution in [-0.4, -0.2) is 68.4 Å². The molecule has 3 rings (SSSR count). The van der Waals surface area contributed by atoms with Gasteiger partial charge in [-0.3, -0.25) is 4.79 Å². The van der Waals surface area contributed by atoms with Crippen LogP contribution in [-0.2, 0) is 14.6 Å². The smallest absolute Gasteiger partial charge is 0.222 e. The van der Waals surface area contributed by atoms with Crippen molar-refractivity contribution in [3.05, 3.63) is 0 Å². The Hall–Kier alpha value is -0.620. The number of nitrogens with zero attached hydrogens (tertiary/aromatic N) is 2. The number of carbonyl (C=O) groups is 1. The number of amides is 1. The van der Waals surface area contributed by atoms with Gasteiger partial charge in [0.15, 0.2) is 9.84 Å². The van der Waals surface area contributed by atoms with Crippen LogP contribution in [0.15, 0.2) is 0 Å². The highest BCUT2D eigenvalue weighted by molar-refractivity contribution is 7.91. The molecule has 27 heavy (non-hydrogen) atoms. The van der Waals surface area contributed by atoms with E-state index in [1.807, 2.05) is 0 Å². The van der Waals surface area contributed by atoms with Crippen LogP contribution in [0.25, 0.3) is 0 Å². The number of carbonyl (C=O) groups excluding carboxylic acids is 1. The van der Waals surface area contributed by atoms with Crippen molar-refractivity contribution in [3.63, 3.8) is 0 Å². The summed E-state index contributed by atoms with van der Waals surface area (Å²) in [6.45, 7) is 7.18. The number of likely N-dealkylation sites (N-methyl/N-ethyl adjacent to an activating group) is 1. The van der Waals surface area contributed by atoms with Crippen LogP contribution in [0.5, 0.6) is 0 Å². The lowest BCUT2D eigenvalue weighted by atomic mass is 9.72. The molecule has 6 heteroatoms. The molecular weight excluding hydrogens is 360 g/mol. The maximum absolute atomic E-state index is 12.7. The van der Waals surface area contributed by atoms with Gasteiger partial charge in [-0.1, -0.05) is 13.8 Å². The third kappa shape index (κ3) is 5.93. The van der Waals surface area contributed by atoms with Gasteiger partial charge in [0.1, 0.15) is 0 Å². The third-order valence-electron chi connectivity index (χ3n) is 7.16. The summed E-state index contributed by atoms with van der Waals surface area (Å²) >= 11 is 0. The number of hydrogen-bond acceptors (Lipinski definition) is 4. The van der Waals surface area contributed by atoms with Crippen molar-refractivity contribution >= 4 is 15.7 Å². The molecule has 1 amide bonds. The molecule has 5 nitrogen and oxygen atoms in total. The topological polar surface area (TPSA) is 57.7 Å². The number of likely N-dealkylation sites (tertiary alicyclic amines) is 1. The molecule has 0 N–H and O–H groups in total. The van der Waals surface area contributed by atoms with Gasteiger partial charge in [0.2, 0.25) is 5.91 Å². The molecule has 3 aliphatic rings. The Balaban J connectivity index is 1.43. The fourth-order valence-corrected chi connectivity index (χ4v) is 6.95. The van der Waals surface area contributed by atoms with E-state index in [-0.39, 0.29) is 5.92 Å². The minimum atomic E-state index is -2.84. The average Bonchev–Trinajstić information content (AvgIpc) is 3.06. The van der Waals surface area contributed by atoms with Gasteiger partial charge in [-0.15, -0.1) is 0 Å². The molecule has 0 aromatic heterocycles. The van der Waals surface area contributed by atoms with Crippen molar-refractivity contribution in [1.82, 2.24) is 9.80 Å². The van der Waals surface area contributed by atoms with Gasteiger partial charge in [-0.2, -0.15) is 0 Å². The highest BCUT2D eigenvalue weighted by Crippen LogP contribution is 2.39. The number of hydrogen-bond donors (Lipinski definition) is 0. The molecular formula is C21H38N2O3S. The summed E-state index contributed by atoms with van der Waals surface area (Å²) in [6, 6.07) is 0.379. The van der Waals surface area contributed by atoms with Crippen LogP contribution in [0, 0.1) is 17.3 Å². The lowest BCUT2D eigenvalue weighted by Gasteiger charge is -2.34. The Kier molecular flexibility index (Phi) is 6.56. The number of rotatable bonds is 5. The van der Waals surface area contributed by atoms with Gasteiger partial charge in [0, 0.05) is 32.1 Å². The molecule has 0 spiro atoms. The zero-order valence-corrected chi connectivity index (χ0v) is 18.3. The van der Waals surface area contributed by atoms with Gasteiger partial charge in [0.25, 0.3) is 0 Å². The van der Waals surface area contributed by atoms with Crippen molar-refractivity contribution < 1.29 is 13.2 Å². The van der Waals surface area contributed by atoms with Gasteiger partial charge in [-0.25, -0.2) is 8.42 Å². The normalized spacial score (nSPS) is 31.3. The summed E-state index contributed by atoms with van der Waals surface area (Å²) in [5, 5.41) is 0. The van der Waals surface area contributed by atoms with Crippen LogP contribution in [0.4, 0.5) is 0 Å². The predicted molar refractivity (Wildman–Crippen MR) is 109 cm³/mol. The van der Waals surface area contributed by atoms with Crippen molar-refractivity contribution in [1.29, 1.82) is 0 Å². The summed E-state index contributed by atoms with van der Waals surface area (Å²) in [5.41, 5.74) is 0.452. The first-order valence-corrected chi connectivity index (χ1v) is 12.6. The van der Waals surface area contributed by atoms with E-state index in [1.54, 1.807) is 0 Å². The SMILES string of the molecule is CN(CC1CCCS(=O)(=O)C1)C1CCN(C(=O)CC2CCC(C)(C)CC2)C1. The van der Waals surface area contributed by atoms with Crippen molar-refractivity contribution in [2.45, 2.75) is 71.3 Å². The molecule has 2 heterocycles. The molecule has 1 aliphatic carbocycles. The van der Waals surface area contributed by atoms with Crippen LogP contribution < -0.4 is 0 Å². The largest absolute Gasteiger partial charge is 0.341 e.